The van der Waals surface area contributed by atoms with Crippen molar-refractivity contribution in [2.24, 2.45) is 0 Å². The summed E-state index contributed by atoms with van der Waals surface area (Å²) >= 11 is 6.21. The number of halogens is 1. The van der Waals surface area contributed by atoms with Gasteiger partial charge in [0, 0.05) is 22.0 Å². The summed E-state index contributed by atoms with van der Waals surface area (Å²) in [6, 6.07) is 18.2. The number of aliphatic hydroxyl groups is 1. The van der Waals surface area contributed by atoms with Crippen LogP contribution in [0.25, 0.3) is 11.0 Å². The van der Waals surface area contributed by atoms with E-state index in [1.165, 1.54) is 18.1 Å². The Kier molecular flexibility index (Phi) is 7.45. The Labute approximate surface area is 236 Å². The number of benzene rings is 3. The Morgan fingerprint density at radius 1 is 1.02 bits per heavy atom. The number of carbonyl (C=O) groups excluding carboxylic acids is 2. The Morgan fingerprint density at radius 3 is 2.50 bits per heavy atom. The molecule has 1 aliphatic heterocycles. The SMILES string of the molecule is COc1ccccc1CN1C(=O)C(O)=C(C(=O)c2cc3cc(Cl)cc(OC)c3o2)C1c1cccc(OC(C)C)c1. The quantitative estimate of drug-likeness (QED) is 0.228. The lowest BCUT2D eigenvalue weighted by Crippen LogP contribution is -2.31. The van der Waals surface area contributed by atoms with Crippen LogP contribution in [0.4, 0.5) is 0 Å². The van der Waals surface area contributed by atoms with Crippen LogP contribution in [0, 0.1) is 0 Å². The first-order valence-corrected chi connectivity index (χ1v) is 13.0. The zero-order valence-corrected chi connectivity index (χ0v) is 23.2. The van der Waals surface area contributed by atoms with Crippen LogP contribution >= 0.6 is 11.6 Å². The van der Waals surface area contributed by atoms with Crippen molar-refractivity contribution in [2.75, 3.05) is 14.2 Å². The second kappa shape index (κ2) is 11.0. The van der Waals surface area contributed by atoms with Crippen LogP contribution in [0.3, 0.4) is 0 Å². The number of ether oxygens (including phenoxy) is 3. The highest BCUT2D eigenvalue weighted by atomic mass is 35.5. The van der Waals surface area contributed by atoms with Crippen LogP contribution in [0.5, 0.6) is 17.2 Å². The molecule has 0 spiro atoms. The molecule has 2 heterocycles. The maximum absolute atomic E-state index is 14.0. The molecule has 1 unspecified atom stereocenters. The fourth-order valence-electron chi connectivity index (χ4n) is 4.92. The van der Waals surface area contributed by atoms with Gasteiger partial charge in [-0.15, -0.1) is 0 Å². The largest absolute Gasteiger partial charge is 0.503 e. The number of hydrogen-bond acceptors (Lipinski definition) is 7. The summed E-state index contributed by atoms with van der Waals surface area (Å²) in [7, 11) is 3.01. The van der Waals surface area contributed by atoms with E-state index in [0.717, 1.165) is 0 Å². The third-order valence-electron chi connectivity index (χ3n) is 6.62. The maximum atomic E-state index is 14.0. The molecule has 40 heavy (non-hydrogen) atoms. The molecule has 1 amide bonds. The predicted octanol–water partition coefficient (Wildman–Crippen LogP) is 6.67. The molecule has 0 saturated carbocycles. The molecule has 0 bridgehead atoms. The van der Waals surface area contributed by atoms with Crippen LogP contribution in [0.15, 0.2) is 82.5 Å². The third kappa shape index (κ3) is 4.98. The second-order valence-corrected chi connectivity index (χ2v) is 10.1. The zero-order chi connectivity index (χ0) is 28.6. The third-order valence-corrected chi connectivity index (χ3v) is 6.84. The van der Waals surface area contributed by atoms with Gasteiger partial charge in [-0.25, -0.2) is 0 Å². The number of hydrogen-bond donors (Lipinski definition) is 1. The van der Waals surface area contributed by atoms with Gasteiger partial charge in [0.15, 0.2) is 22.9 Å². The molecule has 0 saturated heterocycles. The molecular formula is C31H28ClNO7. The minimum Gasteiger partial charge on any atom is -0.503 e. The van der Waals surface area contributed by atoms with Gasteiger partial charge in [-0.1, -0.05) is 41.9 Å². The van der Waals surface area contributed by atoms with Gasteiger partial charge in [-0.2, -0.15) is 0 Å². The van der Waals surface area contributed by atoms with E-state index >= 15 is 0 Å². The highest BCUT2D eigenvalue weighted by molar-refractivity contribution is 6.31. The first kappa shape index (κ1) is 27.1. The average Bonchev–Trinajstić information content (AvgIpc) is 3.47. The van der Waals surface area contributed by atoms with E-state index in [-0.39, 0.29) is 24.0 Å². The summed E-state index contributed by atoms with van der Waals surface area (Å²) in [5.74, 6) is -0.539. The number of carbonyl (C=O) groups is 2. The number of Topliss-reactive ketones (excluding diaryl/α,β-unsaturated/α-hetero) is 1. The minimum absolute atomic E-state index is 0.0661. The van der Waals surface area contributed by atoms with Gasteiger partial charge in [-0.3, -0.25) is 9.59 Å². The Hall–Kier alpha value is -4.43. The van der Waals surface area contributed by atoms with Gasteiger partial charge in [0.2, 0.25) is 5.78 Å². The molecule has 1 atom stereocenters. The summed E-state index contributed by atoms with van der Waals surface area (Å²) in [4.78, 5) is 29.0. The number of fused-ring (bicyclic) bond motifs is 1. The molecule has 8 nitrogen and oxygen atoms in total. The van der Waals surface area contributed by atoms with Gasteiger partial charge >= 0.3 is 0 Å². The monoisotopic (exact) mass is 561 g/mol. The van der Waals surface area contributed by atoms with Gasteiger partial charge in [0.05, 0.1) is 38.5 Å². The molecule has 3 aromatic carbocycles. The fraction of sp³-hybridized carbons (Fsp3) is 0.226. The highest BCUT2D eigenvalue weighted by Gasteiger charge is 2.45. The maximum Gasteiger partial charge on any atom is 0.290 e. The van der Waals surface area contributed by atoms with E-state index in [4.69, 9.17) is 30.2 Å². The summed E-state index contributed by atoms with van der Waals surface area (Å²) in [6.45, 7) is 3.89. The van der Waals surface area contributed by atoms with Gasteiger partial charge in [0.1, 0.15) is 11.5 Å². The van der Waals surface area contributed by atoms with Crippen LogP contribution in [-0.4, -0.2) is 42.0 Å². The Morgan fingerprint density at radius 2 is 1.77 bits per heavy atom. The van der Waals surface area contributed by atoms with Crippen molar-refractivity contribution in [3.63, 3.8) is 0 Å². The number of para-hydroxylation sites is 1. The number of amides is 1. The summed E-state index contributed by atoms with van der Waals surface area (Å²) in [5.41, 5.74) is 1.52. The number of rotatable bonds is 9. The first-order chi connectivity index (χ1) is 19.2. The Bertz CT molecular complexity index is 1640. The molecule has 0 radical (unpaired) electrons. The Balaban J connectivity index is 1.63. The molecule has 1 N–H and O–H groups in total. The van der Waals surface area contributed by atoms with E-state index in [1.807, 2.05) is 32.0 Å². The van der Waals surface area contributed by atoms with Crippen molar-refractivity contribution in [3.8, 4) is 17.2 Å². The molecule has 0 aliphatic carbocycles. The molecule has 9 heteroatoms. The first-order valence-electron chi connectivity index (χ1n) is 12.7. The van der Waals surface area contributed by atoms with Crippen molar-refractivity contribution in [1.82, 2.24) is 4.90 Å². The number of furan rings is 1. The standard InChI is InChI=1S/C31H28ClNO7/c1-17(2)39-22-10-7-9-18(13-22)27-26(28(34)24-14-20-12-21(32)15-25(38-4)30(20)40-24)29(35)31(36)33(27)16-19-8-5-6-11-23(19)37-3/h5-15,17,27,35H,16H2,1-4H3. The van der Waals surface area contributed by atoms with Crippen LogP contribution in [0.2, 0.25) is 5.02 Å². The van der Waals surface area contributed by atoms with Crippen LogP contribution < -0.4 is 14.2 Å². The summed E-state index contributed by atoms with van der Waals surface area (Å²) < 4.78 is 22.6. The lowest BCUT2D eigenvalue weighted by Gasteiger charge is -2.27. The lowest BCUT2D eigenvalue weighted by molar-refractivity contribution is -0.130. The fourth-order valence-corrected chi connectivity index (χ4v) is 5.14. The molecular weight excluding hydrogens is 534 g/mol. The number of nitrogens with zero attached hydrogens (tertiary/aromatic N) is 1. The predicted molar refractivity (Wildman–Crippen MR) is 150 cm³/mol. The van der Waals surface area contributed by atoms with Crippen molar-refractivity contribution >= 4 is 34.3 Å². The number of methoxy groups -OCH3 is 2. The van der Waals surface area contributed by atoms with Crippen molar-refractivity contribution in [3.05, 3.63) is 100.0 Å². The van der Waals surface area contributed by atoms with E-state index in [0.29, 0.717) is 44.4 Å². The van der Waals surface area contributed by atoms with E-state index < -0.39 is 23.5 Å². The van der Waals surface area contributed by atoms with Gasteiger partial charge in [0.25, 0.3) is 5.91 Å². The van der Waals surface area contributed by atoms with Gasteiger partial charge in [-0.05, 0) is 49.7 Å². The number of aliphatic hydroxyl groups excluding tert-OH is 1. The minimum atomic E-state index is -0.931. The van der Waals surface area contributed by atoms with Crippen LogP contribution in [0.1, 0.15) is 41.6 Å². The summed E-state index contributed by atoms with van der Waals surface area (Å²) in [6.07, 6.45) is -0.0902. The zero-order valence-electron chi connectivity index (χ0n) is 22.4. The van der Waals surface area contributed by atoms with Crippen molar-refractivity contribution in [2.45, 2.75) is 32.5 Å². The normalized spacial score (nSPS) is 15.3. The molecule has 1 aliphatic rings. The molecule has 1 aromatic heterocycles. The molecule has 4 aromatic rings. The molecule has 0 fully saturated rings. The number of ketones is 1. The lowest BCUT2D eigenvalue weighted by atomic mass is 9.94. The van der Waals surface area contributed by atoms with E-state index in [1.54, 1.807) is 49.6 Å². The van der Waals surface area contributed by atoms with Crippen molar-refractivity contribution in [1.29, 1.82) is 0 Å². The molecule has 206 valence electrons. The smallest absolute Gasteiger partial charge is 0.290 e. The van der Waals surface area contributed by atoms with Gasteiger partial charge < -0.3 is 28.6 Å². The average molecular weight is 562 g/mol. The second-order valence-electron chi connectivity index (χ2n) is 9.61. The van der Waals surface area contributed by atoms with Crippen LogP contribution in [-0.2, 0) is 11.3 Å². The topological polar surface area (TPSA) is 98.4 Å². The van der Waals surface area contributed by atoms with Crippen molar-refractivity contribution < 1.29 is 33.3 Å². The van der Waals surface area contributed by atoms with E-state index in [9.17, 15) is 14.7 Å². The van der Waals surface area contributed by atoms with E-state index in [2.05, 4.69) is 0 Å². The highest BCUT2D eigenvalue weighted by Crippen LogP contribution is 2.42. The molecule has 5 rings (SSSR count). The summed E-state index contributed by atoms with van der Waals surface area (Å²) in [5, 5.41) is 12.1.